The van der Waals surface area contributed by atoms with Crippen LogP contribution in [0.1, 0.15) is 35.3 Å². The van der Waals surface area contributed by atoms with Crippen LogP contribution in [0.25, 0.3) is 0 Å². The predicted octanol–water partition coefficient (Wildman–Crippen LogP) is 4.43. The van der Waals surface area contributed by atoms with E-state index in [1.165, 1.54) is 0 Å². The molecule has 2 fully saturated rings. The third-order valence-electron chi connectivity index (χ3n) is 7.52. The lowest BCUT2D eigenvalue weighted by molar-refractivity contribution is 0.0378. The summed E-state index contributed by atoms with van der Waals surface area (Å²) >= 11 is 0. The standard InChI is InChI=1S/C29H30N4O4/c1-29-19-23(22-10-3-5-12-25(22)37-29)30-28(35)33(29)21-9-7-8-20(18-21)27(34)32-16-14-31(15-17-32)24-11-4-6-13-26(24)36-2/h3-13,18,23H,14-17,19H2,1-2H3,(H,30,35)/t23-,29+/m0/s1. The molecule has 8 heteroatoms. The Morgan fingerprint density at radius 1 is 1.00 bits per heavy atom. The number of anilines is 2. The predicted molar refractivity (Wildman–Crippen MR) is 141 cm³/mol. The van der Waals surface area contributed by atoms with Gasteiger partial charge in [-0.3, -0.25) is 9.69 Å². The number of para-hydroxylation sites is 3. The number of hydrogen-bond acceptors (Lipinski definition) is 5. The molecule has 0 saturated carbocycles. The van der Waals surface area contributed by atoms with Crippen molar-refractivity contribution in [2.24, 2.45) is 0 Å². The molecule has 6 rings (SSSR count). The molecule has 0 radical (unpaired) electrons. The SMILES string of the molecule is COc1ccccc1N1CCN(C(=O)c2cccc(N3C(=O)N[C@H]4C[C@@]3(C)Oc3ccccc34)c2)CC1. The second-order valence-electron chi connectivity index (χ2n) is 9.86. The van der Waals surface area contributed by atoms with Crippen LogP contribution in [0.2, 0.25) is 0 Å². The quantitative estimate of drug-likeness (QED) is 0.576. The molecule has 2 bridgehead atoms. The fourth-order valence-electron chi connectivity index (χ4n) is 5.72. The topological polar surface area (TPSA) is 74.4 Å². The van der Waals surface area contributed by atoms with Gasteiger partial charge in [0.1, 0.15) is 11.5 Å². The second-order valence-corrected chi connectivity index (χ2v) is 9.86. The Bertz CT molecular complexity index is 1350. The number of rotatable bonds is 4. The fourth-order valence-corrected chi connectivity index (χ4v) is 5.72. The first-order chi connectivity index (χ1) is 18.0. The van der Waals surface area contributed by atoms with Gasteiger partial charge in [0.05, 0.1) is 24.5 Å². The van der Waals surface area contributed by atoms with E-state index in [1.54, 1.807) is 18.1 Å². The number of nitrogens with one attached hydrogen (secondary N) is 1. The minimum absolute atomic E-state index is 0.0446. The first kappa shape index (κ1) is 23.2. The molecule has 3 aliphatic rings. The number of nitrogens with zero attached hydrogens (tertiary/aromatic N) is 3. The summed E-state index contributed by atoms with van der Waals surface area (Å²) in [5.41, 5.74) is 2.36. The lowest BCUT2D eigenvalue weighted by Gasteiger charge is -2.50. The Morgan fingerprint density at radius 2 is 1.76 bits per heavy atom. The number of benzene rings is 3. The number of amides is 3. The van der Waals surface area contributed by atoms with Crippen molar-refractivity contribution in [1.29, 1.82) is 0 Å². The molecule has 1 N–H and O–H groups in total. The van der Waals surface area contributed by atoms with E-state index in [0.717, 1.165) is 22.7 Å². The minimum atomic E-state index is -0.858. The summed E-state index contributed by atoms with van der Waals surface area (Å²) in [7, 11) is 1.67. The molecular weight excluding hydrogens is 468 g/mol. The molecule has 0 spiro atoms. The van der Waals surface area contributed by atoms with E-state index in [1.807, 2.05) is 78.6 Å². The summed E-state index contributed by atoms with van der Waals surface area (Å²) in [6.07, 6.45) is 0.610. The summed E-state index contributed by atoms with van der Waals surface area (Å²) in [5, 5.41) is 3.12. The number of ether oxygens (including phenoxy) is 2. The lowest BCUT2D eigenvalue weighted by Crippen LogP contribution is -2.65. The normalized spacial score (nSPS) is 22.6. The zero-order chi connectivity index (χ0) is 25.6. The Labute approximate surface area is 216 Å². The lowest BCUT2D eigenvalue weighted by atomic mass is 9.90. The molecule has 8 nitrogen and oxygen atoms in total. The van der Waals surface area contributed by atoms with Gasteiger partial charge < -0.3 is 24.6 Å². The monoisotopic (exact) mass is 498 g/mol. The average molecular weight is 499 g/mol. The van der Waals surface area contributed by atoms with Crippen molar-refractivity contribution in [2.45, 2.75) is 25.1 Å². The number of carbonyl (C=O) groups excluding carboxylic acids is 2. The van der Waals surface area contributed by atoms with E-state index in [9.17, 15) is 9.59 Å². The maximum Gasteiger partial charge on any atom is 0.325 e. The van der Waals surface area contributed by atoms with Crippen LogP contribution < -0.4 is 24.6 Å². The first-order valence-electron chi connectivity index (χ1n) is 12.6. The number of carbonyl (C=O) groups is 2. The summed E-state index contributed by atoms with van der Waals surface area (Å²) < 4.78 is 11.9. The van der Waals surface area contributed by atoms with Crippen molar-refractivity contribution in [3.63, 3.8) is 0 Å². The maximum atomic E-state index is 13.5. The number of hydrogen-bond donors (Lipinski definition) is 1. The molecule has 0 aliphatic carbocycles. The number of fused-ring (bicyclic) bond motifs is 4. The molecule has 0 aromatic heterocycles. The molecule has 0 unspecified atom stereocenters. The van der Waals surface area contributed by atoms with Crippen LogP contribution in [0.5, 0.6) is 11.5 Å². The van der Waals surface area contributed by atoms with E-state index in [2.05, 4.69) is 10.2 Å². The Balaban J connectivity index is 1.20. The van der Waals surface area contributed by atoms with Gasteiger partial charge in [0.2, 0.25) is 0 Å². The van der Waals surface area contributed by atoms with Crippen LogP contribution in [0.4, 0.5) is 16.2 Å². The zero-order valence-electron chi connectivity index (χ0n) is 21.0. The van der Waals surface area contributed by atoms with Crippen LogP contribution >= 0.6 is 0 Å². The Hall–Kier alpha value is -4.20. The van der Waals surface area contributed by atoms with Crippen LogP contribution in [0, 0.1) is 0 Å². The highest BCUT2D eigenvalue weighted by molar-refractivity contribution is 5.99. The minimum Gasteiger partial charge on any atom is -0.495 e. The number of piperazine rings is 1. The largest absolute Gasteiger partial charge is 0.495 e. The summed E-state index contributed by atoms with van der Waals surface area (Å²) in [4.78, 5) is 32.5. The highest BCUT2D eigenvalue weighted by Gasteiger charge is 2.49. The van der Waals surface area contributed by atoms with Crippen LogP contribution in [0.15, 0.2) is 72.8 Å². The van der Waals surface area contributed by atoms with Crippen molar-refractivity contribution >= 4 is 23.3 Å². The number of methoxy groups -OCH3 is 1. The van der Waals surface area contributed by atoms with Crippen molar-refractivity contribution in [3.05, 3.63) is 83.9 Å². The third-order valence-corrected chi connectivity index (χ3v) is 7.52. The van der Waals surface area contributed by atoms with Crippen molar-refractivity contribution in [3.8, 4) is 11.5 Å². The van der Waals surface area contributed by atoms with Gasteiger partial charge in [0.25, 0.3) is 5.91 Å². The van der Waals surface area contributed by atoms with Gasteiger partial charge in [-0.2, -0.15) is 0 Å². The molecule has 3 aromatic carbocycles. The van der Waals surface area contributed by atoms with Gasteiger partial charge in [-0.25, -0.2) is 4.79 Å². The molecule has 190 valence electrons. The van der Waals surface area contributed by atoms with E-state index in [-0.39, 0.29) is 18.0 Å². The second kappa shape index (κ2) is 9.03. The van der Waals surface area contributed by atoms with Crippen LogP contribution in [0.3, 0.4) is 0 Å². The van der Waals surface area contributed by atoms with Crippen molar-refractivity contribution < 1.29 is 19.1 Å². The van der Waals surface area contributed by atoms with Crippen molar-refractivity contribution in [1.82, 2.24) is 10.2 Å². The Morgan fingerprint density at radius 3 is 2.57 bits per heavy atom. The summed E-state index contributed by atoms with van der Waals surface area (Å²) in [6, 6.07) is 22.7. The zero-order valence-corrected chi connectivity index (χ0v) is 21.0. The molecule has 3 aliphatic heterocycles. The molecular formula is C29H30N4O4. The van der Waals surface area contributed by atoms with E-state index < -0.39 is 5.72 Å². The van der Waals surface area contributed by atoms with E-state index >= 15 is 0 Å². The maximum absolute atomic E-state index is 13.5. The first-order valence-corrected chi connectivity index (χ1v) is 12.6. The third kappa shape index (κ3) is 4.02. The van der Waals surface area contributed by atoms with Gasteiger partial charge in [-0.05, 0) is 43.3 Å². The van der Waals surface area contributed by atoms with Gasteiger partial charge in [0.15, 0.2) is 5.72 Å². The van der Waals surface area contributed by atoms with Crippen LogP contribution in [-0.4, -0.2) is 55.9 Å². The molecule has 2 saturated heterocycles. The van der Waals surface area contributed by atoms with Gasteiger partial charge in [0, 0.05) is 43.7 Å². The Kier molecular flexibility index (Phi) is 5.67. The fraction of sp³-hybridized carbons (Fsp3) is 0.310. The smallest absolute Gasteiger partial charge is 0.325 e. The van der Waals surface area contributed by atoms with Gasteiger partial charge >= 0.3 is 6.03 Å². The molecule has 3 aromatic rings. The number of urea groups is 1. The molecule has 3 heterocycles. The van der Waals surface area contributed by atoms with Crippen LogP contribution in [-0.2, 0) is 0 Å². The van der Waals surface area contributed by atoms with Gasteiger partial charge in [-0.1, -0.05) is 36.4 Å². The molecule has 3 amide bonds. The van der Waals surface area contributed by atoms with E-state index in [4.69, 9.17) is 9.47 Å². The average Bonchev–Trinajstić information content (AvgIpc) is 2.92. The molecule has 37 heavy (non-hydrogen) atoms. The highest BCUT2D eigenvalue weighted by atomic mass is 16.5. The van der Waals surface area contributed by atoms with Crippen molar-refractivity contribution in [2.75, 3.05) is 43.1 Å². The van der Waals surface area contributed by atoms with E-state index in [0.29, 0.717) is 43.9 Å². The highest BCUT2D eigenvalue weighted by Crippen LogP contribution is 2.45. The summed E-state index contributed by atoms with van der Waals surface area (Å²) in [5.74, 6) is 1.56. The molecule has 2 atom stereocenters. The van der Waals surface area contributed by atoms with Gasteiger partial charge in [-0.15, -0.1) is 0 Å². The summed E-state index contributed by atoms with van der Waals surface area (Å²) in [6.45, 7) is 4.57.